The Hall–Kier alpha value is -0.870. The summed E-state index contributed by atoms with van der Waals surface area (Å²) in [6.07, 6.45) is 3.53. The largest absolute Gasteiger partial charge is 0.328 e. The number of benzene rings is 1. The normalized spacial score (nSPS) is 23.4. The Morgan fingerprint density at radius 3 is 3.05 bits per heavy atom. The third kappa shape index (κ3) is 2.63. The van der Waals surface area contributed by atoms with E-state index in [1.165, 1.54) is 24.2 Å². The fraction of sp³-hybridized carbons (Fsp3) is 0.562. The molecular formula is C16H22BrN3. The minimum atomic E-state index is 0.587. The number of nitrogens with one attached hydrogen (secondary N) is 1. The lowest BCUT2D eigenvalue weighted by Gasteiger charge is -2.28. The standard InChI is InChI=1S/C16H22BrN3/c1-3-8-20-15-5-4-13(17)10-14(15)19-16(20)12-6-7-18-11(2)9-12/h4-5,10-12,18H,3,6-9H2,1-2H3. The van der Waals surface area contributed by atoms with E-state index in [1.807, 2.05) is 0 Å². The zero-order valence-electron chi connectivity index (χ0n) is 12.2. The number of hydrogen-bond acceptors (Lipinski definition) is 2. The summed E-state index contributed by atoms with van der Waals surface area (Å²) >= 11 is 3.55. The van der Waals surface area contributed by atoms with Crippen LogP contribution in [0, 0.1) is 0 Å². The lowest BCUT2D eigenvalue weighted by molar-refractivity contribution is 0.364. The number of imidazole rings is 1. The van der Waals surface area contributed by atoms with Gasteiger partial charge in [-0.3, -0.25) is 0 Å². The lowest BCUT2D eigenvalue weighted by atomic mass is 9.92. The number of nitrogens with zero attached hydrogens (tertiary/aromatic N) is 2. The molecule has 3 rings (SSSR count). The van der Waals surface area contributed by atoms with Gasteiger partial charge in [-0.15, -0.1) is 0 Å². The molecule has 0 saturated carbocycles. The smallest absolute Gasteiger partial charge is 0.113 e. The van der Waals surface area contributed by atoms with Gasteiger partial charge in [0.2, 0.25) is 0 Å². The molecule has 1 fully saturated rings. The molecule has 1 aliphatic heterocycles. The second kappa shape index (κ2) is 5.86. The molecule has 2 aromatic rings. The molecule has 1 aromatic carbocycles. The first kappa shape index (κ1) is 14.1. The molecule has 3 nitrogen and oxygen atoms in total. The van der Waals surface area contributed by atoms with Crippen molar-refractivity contribution in [3.63, 3.8) is 0 Å². The summed E-state index contributed by atoms with van der Waals surface area (Å²) in [5, 5.41) is 3.53. The van der Waals surface area contributed by atoms with Crippen molar-refractivity contribution in [2.75, 3.05) is 6.54 Å². The van der Waals surface area contributed by atoms with E-state index in [1.54, 1.807) is 0 Å². The van der Waals surface area contributed by atoms with E-state index in [9.17, 15) is 0 Å². The predicted molar refractivity (Wildman–Crippen MR) is 87.2 cm³/mol. The molecular weight excluding hydrogens is 314 g/mol. The summed E-state index contributed by atoms with van der Waals surface area (Å²) in [5.74, 6) is 1.87. The third-order valence-corrected chi connectivity index (χ3v) is 4.67. The second-order valence-electron chi connectivity index (χ2n) is 5.83. The van der Waals surface area contributed by atoms with Crippen molar-refractivity contribution in [3.05, 3.63) is 28.5 Å². The maximum atomic E-state index is 4.96. The van der Waals surface area contributed by atoms with Crippen molar-refractivity contribution in [2.24, 2.45) is 0 Å². The molecule has 2 unspecified atom stereocenters. The van der Waals surface area contributed by atoms with Crippen LogP contribution in [0.15, 0.2) is 22.7 Å². The van der Waals surface area contributed by atoms with Crippen LogP contribution in [0.2, 0.25) is 0 Å². The minimum Gasteiger partial charge on any atom is -0.328 e. The van der Waals surface area contributed by atoms with Crippen LogP contribution < -0.4 is 5.32 Å². The van der Waals surface area contributed by atoms with Crippen molar-refractivity contribution in [2.45, 2.75) is 51.6 Å². The molecule has 1 aromatic heterocycles. The van der Waals surface area contributed by atoms with Crippen LogP contribution in [0.5, 0.6) is 0 Å². The van der Waals surface area contributed by atoms with Gasteiger partial charge in [-0.05, 0) is 50.9 Å². The maximum absolute atomic E-state index is 4.96. The van der Waals surface area contributed by atoms with Crippen LogP contribution >= 0.6 is 15.9 Å². The Morgan fingerprint density at radius 2 is 2.30 bits per heavy atom. The fourth-order valence-electron chi connectivity index (χ4n) is 3.26. The van der Waals surface area contributed by atoms with Crippen LogP contribution in [-0.4, -0.2) is 22.1 Å². The number of aryl methyl sites for hydroxylation is 1. The Balaban J connectivity index is 2.06. The topological polar surface area (TPSA) is 29.9 Å². The van der Waals surface area contributed by atoms with Gasteiger partial charge in [0.15, 0.2) is 0 Å². The second-order valence-corrected chi connectivity index (χ2v) is 6.75. The average molecular weight is 336 g/mol. The van der Waals surface area contributed by atoms with Crippen molar-refractivity contribution in [1.82, 2.24) is 14.9 Å². The molecule has 4 heteroatoms. The average Bonchev–Trinajstić information content (AvgIpc) is 2.77. The zero-order chi connectivity index (χ0) is 14.1. The quantitative estimate of drug-likeness (QED) is 0.916. The highest BCUT2D eigenvalue weighted by molar-refractivity contribution is 9.10. The number of halogens is 1. The fourth-order valence-corrected chi connectivity index (χ4v) is 3.61. The van der Waals surface area contributed by atoms with Gasteiger partial charge >= 0.3 is 0 Å². The number of fused-ring (bicyclic) bond motifs is 1. The first-order valence-electron chi connectivity index (χ1n) is 7.58. The summed E-state index contributed by atoms with van der Waals surface area (Å²) in [5.41, 5.74) is 2.39. The van der Waals surface area contributed by atoms with Gasteiger partial charge in [-0.2, -0.15) is 0 Å². The molecule has 108 valence electrons. The molecule has 1 saturated heterocycles. The summed E-state index contributed by atoms with van der Waals surface area (Å²) < 4.78 is 3.54. The molecule has 2 heterocycles. The van der Waals surface area contributed by atoms with Crippen LogP contribution in [0.4, 0.5) is 0 Å². The van der Waals surface area contributed by atoms with Crippen molar-refractivity contribution in [1.29, 1.82) is 0 Å². The van der Waals surface area contributed by atoms with Gasteiger partial charge in [0, 0.05) is 23.0 Å². The maximum Gasteiger partial charge on any atom is 0.113 e. The summed E-state index contributed by atoms with van der Waals surface area (Å²) in [4.78, 5) is 4.96. The molecule has 1 aliphatic rings. The van der Waals surface area contributed by atoms with Gasteiger partial charge in [0.25, 0.3) is 0 Å². The van der Waals surface area contributed by atoms with Gasteiger partial charge < -0.3 is 9.88 Å². The lowest BCUT2D eigenvalue weighted by Crippen LogP contribution is -2.35. The van der Waals surface area contributed by atoms with E-state index < -0.39 is 0 Å². The van der Waals surface area contributed by atoms with Crippen LogP contribution in [-0.2, 0) is 6.54 Å². The molecule has 20 heavy (non-hydrogen) atoms. The molecule has 0 spiro atoms. The highest BCUT2D eigenvalue weighted by atomic mass is 79.9. The van der Waals surface area contributed by atoms with E-state index in [4.69, 9.17) is 4.98 Å². The highest BCUT2D eigenvalue weighted by Crippen LogP contribution is 2.31. The minimum absolute atomic E-state index is 0.587. The van der Waals surface area contributed by atoms with Crippen LogP contribution in [0.3, 0.4) is 0 Å². The molecule has 0 aliphatic carbocycles. The Morgan fingerprint density at radius 1 is 1.45 bits per heavy atom. The number of piperidine rings is 1. The third-order valence-electron chi connectivity index (χ3n) is 4.18. The zero-order valence-corrected chi connectivity index (χ0v) is 13.8. The predicted octanol–water partition coefficient (Wildman–Crippen LogP) is 4.06. The first-order valence-corrected chi connectivity index (χ1v) is 8.37. The van der Waals surface area contributed by atoms with Crippen LogP contribution in [0.25, 0.3) is 11.0 Å². The Labute approximate surface area is 128 Å². The summed E-state index contributed by atoms with van der Waals surface area (Å²) in [7, 11) is 0. The summed E-state index contributed by atoms with van der Waals surface area (Å²) in [6, 6.07) is 7.03. The molecule has 0 amide bonds. The number of aromatic nitrogens is 2. The number of rotatable bonds is 3. The van der Waals surface area contributed by atoms with Gasteiger partial charge in [0.05, 0.1) is 11.0 Å². The molecule has 0 radical (unpaired) electrons. The summed E-state index contributed by atoms with van der Waals surface area (Å²) in [6.45, 7) is 6.67. The SMILES string of the molecule is CCCn1c(C2CCNC(C)C2)nc2cc(Br)ccc21. The number of hydrogen-bond donors (Lipinski definition) is 1. The van der Waals surface area contributed by atoms with Gasteiger partial charge in [0.1, 0.15) is 5.82 Å². The molecule has 2 atom stereocenters. The van der Waals surface area contributed by atoms with Crippen LogP contribution in [0.1, 0.15) is 44.9 Å². The van der Waals surface area contributed by atoms with E-state index in [0.29, 0.717) is 12.0 Å². The molecule has 0 bridgehead atoms. The van der Waals surface area contributed by atoms with E-state index in [0.717, 1.165) is 29.5 Å². The van der Waals surface area contributed by atoms with Gasteiger partial charge in [-0.25, -0.2) is 4.98 Å². The highest BCUT2D eigenvalue weighted by Gasteiger charge is 2.25. The Kier molecular flexibility index (Phi) is 4.13. The first-order chi connectivity index (χ1) is 9.69. The van der Waals surface area contributed by atoms with E-state index in [2.05, 4.69) is 57.9 Å². The monoisotopic (exact) mass is 335 g/mol. The van der Waals surface area contributed by atoms with Crippen molar-refractivity contribution >= 4 is 27.0 Å². The van der Waals surface area contributed by atoms with Gasteiger partial charge in [-0.1, -0.05) is 22.9 Å². The van der Waals surface area contributed by atoms with Crippen molar-refractivity contribution in [3.8, 4) is 0 Å². The van der Waals surface area contributed by atoms with Crippen molar-refractivity contribution < 1.29 is 0 Å². The van der Waals surface area contributed by atoms with E-state index >= 15 is 0 Å². The molecule has 1 N–H and O–H groups in total. The van der Waals surface area contributed by atoms with E-state index in [-0.39, 0.29) is 0 Å². The Bertz CT molecular complexity index is 605.